The van der Waals surface area contributed by atoms with Gasteiger partial charge in [-0.15, -0.1) is 0 Å². The monoisotopic (exact) mass is 452 g/mol. The fraction of sp³-hybridized carbons (Fsp3) is 0.586. The summed E-state index contributed by atoms with van der Waals surface area (Å²) >= 11 is 0. The molecule has 32 heavy (non-hydrogen) atoms. The van der Waals surface area contributed by atoms with Crippen LogP contribution in [0, 0.1) is 13.8 Å². The van der Waals surface area contributed by atoms with E-state index in [0.717, 1.165) is 0 Å². The molecule has 0 radical (unpaired) electrons. The second kappa shape index (κ2) is 10.4. The van der Waals surface area contributed by atoms with Crippen molar-refractivity contribution in [3.05, 3.63) is 59.7 Å². The van der Waals surface area contributed by atoms with E-state index in [1.165, 1.54) is 21.7 Å². The van der Waals surface area contributed by atoms with Crippen molar-refractivity contribution in [2.75, 3.05) is 0 Å². The van der Waals surface area contributed by atoms with Crippen LogP contribution in [0.1, 0.15) is 66.5 Å². The lowest BCUT2D eigenvalue weighted by atomic mass is 10.2. The topological polar surface area (TPSA) is 6.48 Å². The molecule has 176 valence electrons. The summed E-state index contributed by atoms with van der Waals surface area (Å²) < 4.78 is 0. The number of rotatable bonds is 9. The van der Waals surface area contributed by atoms with Crippen molar-refractivity contribution in [1.29, 1.82) is 0 Å². The Morgan fingerprint density at radius 3 is 1.06 bits per heavy atom. The average molecular weight is 453 g/mol. The molecule has 0 N–H and O–H groups in total. The molecule has 0 spiro atoms. The smallest absolute Gasteiger partial charge is 0.0353 e. The maximum Gasteiger partial charge on any atom is 0.0353 e. The summed E-state index contributed by atoms with van der Waals surface area (Å²) in [6.45, 7) is 23.4. The van der Waals surface area contributed by atoms with Crippen LogP contribution in [-0.4, -0.2) is 51.7 Å². The summed E-state index contributed by atoms with van der Waals surface area (Å²) in [5.74, 6) is 0. The van der Waals surface area contributed by atoms with Crippen molar-refractivity contribution in [3.63, 3.8) is 0 Å². The molecule has 2 aromatic carbocycles. The SMILES string of the molecule is Cc1ccc(P(c2ccc(C)cc2)C2C(N(C(C)C)C(C)C)C2N(C(C)C)C(C)C)cc1. The molecule has 0 aliphatic heterocycles. The molecular weight excluding hydrogens is 407 g/mol. The molecule has 1 fully saturated rings. The summed E-state index contributed by atoms with van der Waals surface area (Å²) in [5, 5.41) is 3.04. The van der Waals surface area contributed by atoms with Crippen molar-refractivity contribution in [3.8, 4) is 0 Å². The van der Waals surface area contributed by atoms with E-state index in [1.807, 2.05) is 0 Å². The third kappa shape index (κ3) is 5.30. The Balaban J connectivity index is 2.14. The number of aryl methyl sites for hydroxylation is 2. The minimum atomic E-state index is -0.449. The highest BCUT2D eigenvalue weighted by atomic mass is 31.1. The van der Waals surface area contributed by atoms with Crippen LogP contribution in [0.15, 0.2) is 48.5 Å². The van der Waals surface area contributed by atoms with Crippen LogP contribution in [0.2, 0.25) is 0 Å². The van der Waals surface area contributed by atoms with Crippen LogP contribution in [0.5, 0.6) is 0 Å². The molecule has 0 saturated heterocycles. The molecule has 2 nitrogen and oxygen atoms in total. The van der Waals surface area contributed by atoms with Gasteiger partial charge in [0.1, 0.15) is 0 Å². The molecule has 0 heterocycles. The van der Waals surface area contributed by atoms with E-state index in [1.54, 1.807) is 0 Å². The zero-order valence-electron chi connectivity index (χ0n) is 22.0. The van der Waals surface area contributed by atoms with Crippen LogP contribution in [0.25, 0.3) is 0 Å². The third-order valence-corrected chi connectivity index (χ3v) is 9.82. The van der Waals surface area contributed by atoms with E-state index in [2.05, 4.69) is 128 Å². The van der Waals surface area contributed by atoms with Crippen LogP contribution < -0.4 is 10.6 Å². The largest absolute Gasteiger partial charge is 0.293 e. The predicted octanol–water partition coefficient (Wildman–Crippen LogP) is 6.09. The molecule has 1 aliphatic carbocycles. The third-order valence-electron chi connectivity index (χ3n) is 6.90. The first-order valence-corrected chi connectivity index (χ1v) is 13.9. The van der Waals surface area contributed by atoms with Crippen molar-refractivity contribution in [1.82, 2.24) is 9.80 Å². The summed E-state index contributed by atoms with van der Waals surface area (Å²) in [6.07, 6.45) is 0. The lowest BCUT2D eigenvalue weighted by Gasteiger charge is -2.35. The Bertz CT molecular complexity index is 766. The van der Waals surface area contributed by atoms with E-state index >= 15 is 0 Å². The van der Waals surface area contributed by atoms with Gasteiger partial charge in [0.2, 0.25) is 0 Å². The van der Waals surface area contributed by atoms with Gasteiger partial charge in [-0.2, -0.15) is 0 Å². The summed E-state index contributed by atoms with van der Waals surface area (Å²) in [5.41, 5.74) is 3.33. The van der Waals surface area contributed by atoms with Crippen molar-refractivity contribution in [2.24, 2.45) is 0 Å². The standard InChI is InChI=1S/C29H45N2P/c1-19(2)30(20(3)4)27-28(31(21(5)6)22(7)8)29(27)32(25-15-11-23(9)12-16-25)26-17-13-24(10)14-18-26/h11-22,27-29H,1-10H3. The summed E-state index contributed by atoms with van der Waals surface area (Å²) in [6, 6.07) is 22.2. The highest BCUT2D eigenvalue weighted by molar-refractivity contribution is 7.74. The molecule has 3 rings (SSSR count). The lowest BCUT2D eigenvalue weighted by molar-refractivity contribution is 0.108. The molecule has 1 aliphatic rings. The zero-order chi connectivity index (χ0) is 23.7. The Morgan fingerprint density at radius 2 is 0.812 bits per heavy atom. The molecule has 2 aromatic rings. The lowest BCUT2D eigenvalue weighted by Crippen LogP contribution is -2.46. The number of benzene rings is 2. The number of nitrogens with zero attached hydrogens (tertiary/aromatic N) is 2. The number of hydrogen-bond donors (Lipinski definition) is 0. The maximum absolute atomic E-state index is 2.80. The Hall–Kier alpha value is -1.21. The van der Waals surface area contributed by atoms with Crippen molar-refractivity contribution < 1.29 is 0 Å². The molecule has 2 unspecified atom stereocenters. The average Bonchev–Trinajstić information content (AvgIpc) is 3.37. The van der Waals surface area contributed by atoms with Gasteiger partial charge in [-0.3, -0.25) is 9.80 Å². The maximum atomic E-state index is 2.80. The second-order valence-electron chi connectivity index (χ2n) is 10.8. The summed E-state index contributed by atoms with van der Waals surface area (Å²) in [7, 11) is -0.449. The minimum absolute atomic E-state index is 0.449. The van der Waals surface area contributed by atoms with Crippen molar-refractivity contribution in [2.45, 2.75) is 111 Å². The van der Waals surface area contributed by atoms with Gasteiger partial charge in [0.15, 0.2) is 0 Å². The quantitative estimate of drug-likeness (QED) is 0.425. The summed E-state index contributed by atoms with van der Waals surface area (Å²) in [4.78, 5) is 5.59. The molecule has 2 atom stereocenters. The zero-order valence-corrected chi connectivity index (χ0v) is 22.9. The first-order valence-electron chi connectivity index (χ1n) is 12.5. The molecule has 0 aromatic heterocycles. The molecule has 3 heteroatoms. The highest BCUT2D eigenvalue weighted by Gasteiger charge is 2.61. The molecule has 0 bridgehead atoms. The molecular formula is C29H45N2P. The Kier molecular flexibility index (Phi) is 8.24. The van der Waals surface area contributed by atoms with Crippen LogP contribution in [0.4, 0.5) is 0 Å². The first-order chi connectivity index (χ1) is 15.0. The number of hydrogen-bond acceptors (Lipinski definition) is 2. The van der Waals surface area contributed by atoms with Crippen LogP contribution >= 0.6 is 7.92 Å². The molecule has 1 saturated carbocycles. The fourth-order valence-corrected chi connectivity index (χ4v) is 8.85. The first kappa shape index (κ1) is 25.4. The van der Waals surface area contributed by atoms with Gasteiger partial charge >= 0.3 is 0 Å². The van der Waals surface area contributed by atoms with Gasteiger partial charge in [-0.25, -0.2) is 0 Å². The van der Waals surface area contributed by atoms with Crippen molar-refractivity contribution >= 4 is 18.5 Å². The minimum Gasteiger partial charge on any atom is -0.293 e. The van der Waals surface area contributed by atoms with Gasteiger partial charge in [0, 0.05) is 41.9 Å². The highest BCUT2D eigenvalue weighted by Crippen LogP contribution is 2.57. The van der Waals surface area contributed by atoms with E-state index in [4.69, 9.17) is 0 Å². The molecule has 0 amide bonds. The van der Waals surface area contributed by atoms with Gasteiger partial charge in [-0.1, -0.05) is 59.7 Å². The van der Waals surface area contributed by atoms with E-state index in [-0.39, 0.29) is 0 Å². The van der Waals surface area contributed by atoms with E-state index < -0.39 is 7.92 Å². The van der Waals surface area contributed by atoms with Gasteiger partial charge in [-0.05, 0) is 87.8 Å². The van der Waals surface area contributed by atoms with E-state index in [0.29, 0.717) is 41.9 Å². The fourth-order valence-electron chi connectivity index (χ4n) is 5.75. The van der Waals surface area contributed by atoms with Gasteiger partial charge in [0.25, 0.3) is 0 Å². The van der Waals surface area contributed by atoms with E-state index in [9.17, 15) is 0 Å². The predicted molar refractivity (Wildman–Crippen MR) is 144 cm³/mol. The van der Waals surface area contributed by atoms with Crippen LogP contribution in [0.3, 0.4) is 0 Å². The van der Waals surface area contributed by atoms with Gasteiger partial charge < -0.3 is 0 Å². The van der Waals surface area contributed by atoms with Crippen LogP contribution in [-0.2, 0) is 0 Å². The normalized spacial score (nSPS) is 21.2. The second-order valence-corrected chi connectivity index (χ2v) is 13.2. The Morgan fingerprint density at radius 1 is 0.531 bits per heavy atom. The Labute approximate surface area is 199 Å². The van der Waals surface area contributed by atoms with Gasteiger partial charge in [0.05, 0.1) is 0 Å².